The molecule has 7 atom stereocenters. The molecular formula is C22H31NO4. The summed E-state index contributed by atoms with van der Waals surface area (Å²) in [7, 11) is 1.49. The van der Waals surface area contributed by atoms with Crippen molar-refractivity contribution >= 4 is 17.5 Å². The summed E-state index contributed by atoms with van der Waals surface area (Å²) in [5, 5.41) is 9.50. The number of ketones is 2. The smallest absolute Gasteiger partial charge is 0.241 e. The number of carbonyl (C=O) groups excluding carboxylic acids is 3. The van der Waals surface area contributed by atoms with Gasteiger partial charge in [-0.1, -0.05) is 44.6 Å². The van der Waals surface area contributed by atoms with Crippen molar-refractivity contribution in [3.63, 3.8) is 0 Å². The molecule has 0 radical (unpaired) electrons. The number of aliphatic hydroxyl groups is 1. The van der Waals surface area contributed by atoms with Crippen molar-refractivity contribution in [1.82, 2.24) is 4.90 Å². The SMILES string of the molecule is CC=CC1C=CC2CC(C)CCC2C1(C)C(=O)C1C(=O)C(CO)N(C)C1=O. The van der Waals surface area contributed by atoms with Crippen LogP contribution in [0.4, 0.5) is 0 Å². The Balaban J connectivity index is 2.02. The quantitative estimate of drug-likeness (QED) is 0.606. The van der Waals surface area contributed by atoms with Crippen molar-refractivity contribution in [2.45, 2.75) is 46.1 Å². The lowest BCUT2D eigenvalue weighted by Crippen LogP contribution is -2.52. The van der Waals surface area contributed by atoms with Gasteiger partial charge in [0, 0.05) is 18.4 Å². The molecule has 5 heteroatoms. The first-order valence-corrected chi connectivity index (χ1v) is 10.0. The number of amides is 1. The van der Waals surface area contributed by atoms with E-state index < -0.39 is 35.7 Å². The molecular weight excluding hydrogens is 342 g/mol. The van der Waals surface area contributed by atoms with E-state index in [4.69, 9.17) is 0 Å². The van der Waals surface area contributed by atoms with E-state index in [0.29, 0.717) is 11.8 Å². The van der Waals surface area contributed by atoms with E-state index in [1.165, 1.54) is 11.9 Å². The summed E-state index contributed by atoms with van der Waals surface area (Å²) in [5.41, 5.74) is -0.784. The van der Waals surface area contributed by atoms with Gasteiger partial charge in [0.2, 0.25) is 5.91 Å². The summed E-state index contributed by atoms with van der Waals surface area (Å²) in [5.74, 6) is -1.54. The number of aliphatic hydroxyl groups excluding tert-OH is 1. The van der Waals surface area contributed by atoms with Crippen molar-refractivity contribution in [3.8, 4) is 0 Å². The Bertz CT molecular complexity index is 696. The first-order chi connectivity index (χ1) is 12.8. The molecule has 2 aliphatic carbocycles. The highest BCUT2D eigenvalue weighted by Crippen LogP contribution is 2.54. The highest BCUT2D eigenvalue weighted by Gasteiger charge is 2.58. The summed E-state index contributed by atoms with van der Waals surface area (Å²) in [6.07, 6.45) is 11.3. The van der Waals surface area contributed by atoms with E-state index in [0.717, 1.165) is 19.3 Å². The van der Waals surface area contributed by atoms with Gasteiger partial charge >= 0.3 is 0 Å². The van der Waals surface area contributed by atoms with Crippen LogP contribution >= 0.6 is 0 Å². The maximum Gasteiger partial charge on any atom is 0.241 e. The molecule has 0 aromatic carbocycles. The second-order valence-corrected chi connectivity index (χ2v) is 8.75. The highest BCUT2D eigenvalue weighted by molar-refractivity contribution is 6.25. The Kier molecular flexibility index (Phi) is 5.44. The van der Waals surface area contributed by atoms with Crippen LogP contribution in [0.5, 0.6) is 0 Å². The van der Waals surface area contributed by atoms with E-state index >= 15 is 0 Å². The summed E-state index contributed by atoms with van der Waals surface area (Å²) >= 11 is 0. The summed E-state index contributed by atoms with van der Waals surface area (Å²) in [6.45, 7) is 5.68. The summed E-state index contributed by atoms with van der Waals surface area (Å²) in [4.78, 5) is 40.5. The van der Waals surface area contributed by atoms with Crippen LogP contribution in [0.15, 0.2) is 24.3 Å². The Morgan fingerprint density at radius 3 is 2.63 bits per heavy atom. The average Bonchev–Trinajstić information content (AvgIpc) is 2.85. The molecule has 1 N–H and O–H groups in total. The van der Waals surface area contributed by atoms with Crippen LogP contribution in [0.3, 0.4) is 0 Å². The molecule has 0 aromatic heterocycles. The third kappa shape index (κ3) is 3.00. The lowest BCUT2D eigenvalue weighted by atomic mass is 9.52. The third-order valence-corrected chi connectivity index (χ3v) is 7.23. The lowest BCUT2D eigenvalue weighted by molar-refractivity contribution is -0.148. The largest absolute Gasteiger partial charge is 0.394 e. The fourth-order valence-electron chi connectivity index (χ4n) is 5.54. The maximum absolute atomic E-state index is 13.8. The maximum atomic E-state index is 13.8. The molecule has 148 valence electrons. The topological polar surface area (TPSA) is 74.7 Å². The molecule has 0 spiro atoms. The molecule has 5 nitrogen and oxygen atoms in total. The molecule has 0 bridgehead atoms. The Morgan fingerprint density at radius 1 is 1.33 bits per heavy atom. The molecule has 7 unspecified atom stereocenters. The minimum Gasteiger partial charge on any atom is -0.394 e. The first-order valence-electron chi connectivity index (χ1n) is 10.0. The number of carbonyl (C=O) groups is 3. The molecule has 1 heterocycles. The van der Waals surface area contributed by atoms with Crippen LogP contribution in [0.25, 0.3) is 0 Å². The predicted molar refractivity (Wildman–Crippen MR) is 103 cm³/mol. The van der Waals surface area contributed by atoms with Gasteiger partial charge in [0.1, 0.15) is 6.04 Å². The number of hydrogen-bond acceptors (Lipinski definition) is 4. The van der Waals surface area contributed by atoms with Gasteiger partial charge in [-0.25, -0.2) is 0 Å². The fraction of sp³-hybridized carbons (Fsp3) is 0.682. The van der Waals surface area contributed by atoms with E-state index in [2.05, 4.69) is 19.1 Å². The lowest BCUT2D eigenvalue weighted by Gasteiger charge is -2.50. The molecule has 3 rings (SSSR count). The Labute approximate surface area is 161 Å². The molecule has 3 aliphatic rings. The van der Waals surface area contributed by atoms with Crippen LogP contribution in [-0.2, 0) is 14.4 Å². The van der Waals surface area contributed by atoms with E-state index in [1.54, 1.807) is 0 Å². The van der Waals surface area contributed by atoms with Gasteiger partial charge in [-0.3, -0.25) is 14.4 Å². The molecule has 2 fully saturated rings. The Morgan fingerprint density at radius 2 is 2.04 bits per heavy atom. The number of allylic oxidation sites excluding steroid dienone is 4. The minimum absolute atomic E-state index is 0.122. The minimum atomic E-state index is -1.28. The molecule has 1 saturated heterocycles. The number of likely N-dealkylation sites (tertiary alicyclic amines) is 1. The number of fused-ring (bicyclic) bond motifs is 1. The standard InChI is InChI=1S/C22H31NO4/c1-5-6-15-9-8-14-11-13(2)7-10-16(14)22(15,3)20(26)18-19(25)17(12-24)23(4)21(18)27/h5-6,8-9,13-18,24H,7,10-12H2,1-4H3. The van der Waals surface area contributed by atoms with Gasteiger partial charge in [0.15, 0.2) is 17.5 Å². The number of hydrogen-bond donors (Lipinski definition) is 1. The van der Waals surface area contributed by atoms with Gasteiger partial charge in [0.25, 0.3) is 0 Å². The summed E-state index contributed by atoms with van der Waals surface area (Å²) in [6, 6.07) is -0.906. The molecule has 27 heavy (non-hydrogen) atoms. The van der Waals surface area contributed by atoms with Gasteiger partial charge in [-0.2, -0.15) is 0 Å². The molecule has 0 aromatic rings. The molecule has 1 aliphatic heterocycles. The van der Waals surface area contributed by atoms with Crippen molar-refractivity contribution in [1.29, 1.82) is 0 Å². The first kappa shape index (κ1) is 20.0. The van der Waals surface area contributed by atoms with Gasteiger partial charge in [-0.05, 0) is 37.5 Å². The molecule has 1 saturated carbocycles. The van der Waals surface area contributed by atoms with E-state index in [-0.39, 0.29) is 17.6 Å². The van der Waals surface area contributed by atoms with Gasteiger partial charge in [0.05, 0.1) is 6.61 Å². The number of likely N-dealkylation sites (N-methyl/N-ethyl adjacent to an activating group) is 1. The monoisotopic (exact) mass is 373 g/mol. The Hall–Kier alpha value is -1.75. The fourth-order valence-corrected chi connectivity index (χ4v) is 5.54. The van der Waals surface area contributed by atoms with Gasteiger partial charge < -0.3 is 10.0 Å². The molecule has 1 amide bonds. The number of rotatable bonds is 4. The highest BCUT2D eigenvalue weighted by atomic mass is 16.3. The third-order valence-electron chi connectivity index (χ3n) is 7.23. The van der Waals surface area contributed by atoms with Crippen molar-refractivity contribution < 1.29 is 19.5 Å². The number of nitrogens with zero attached hydrogens (tertiary/aromatic N) is 1. The predicted octanol–water partition coefficient (Wildman–Crippen LogP) is 2.39. The number of Topliss-reactive ketones (excluding diaryl/α,β-unsaturated/α-hetero) is 2. The van der Waals surface area contributed by atoms with Crippen LogP contribution in [0, 0.1) is 35.0 Å². The van der Waals surface area contributed by atoms with Gasteiger partial charge in [-0.15, -0.1) is 0 Å². The average molecular weight is 373 g/mol. The zero-order valence-electron chi connectivity index (χ0n) is 16.7. The normalized spacial score (nSPS) is 42.0. The second-order valence-electron chi connectivity index (χ2n) is 8.75. The zero-order chi connectivity index (χ0) is 19.9. The van der Waals surface area contributed by atoms with E-state index in [1.807, 2.05) is 26.0 Å². The summed E-state index contributed by atoms with van der Waals surface area (Å²) < 4.78 is 0. The van der Waals surface area contributed by atoms with E-state index in [9.17, 15) is 19.5 Å². The van der Waals surface area contributed by atoms with Crippen molar-refractivity contribution in [2.75, 3.05) is 13.7 Å². The zero-order valence-corrected chi connectivity index (χ0v) is 16.7. The van der Waals surface area contributed by atoms with Crippen molar-refractivity contribution in [2.24, 2.45) is 35.0 Å². The van der Waals surface area contributed by atoms with Crippen molar-refractivity contribution in [3.05, 3.63) is 24.3 Å². The van der Waals surface area contributed by atoms with Crippen LogP contribution in [0.1, 0.15) is 40.0 Å². The van der Waals surface area contributed by atoms with Crippen LogP contribution < -0.4 is 0 Å². The second kappa shape index (κ2) is 7.34. The van der Waals surface area contributed by atoms with Crippen LogP contribution in [0.2, 0.25) is 0 Å². The van der Waals surface area contributed by atoms with Crippen LogP contribution in [-0.4, -0.2) is 47.2 Å².